The van der Waals surface area contributed by atoms with Crippen molar-refractivity contribution < 1.29 is 8.42 Å². The van der Waals surface area contributed by atoms with Gasteiger partial charge in [-0.25, -0.2) is 8.42 Å². The van der Waals surface area contributed by atoms with E-state index in [1.807, 2.05) is 0 Å². The maximum Gasteiger partial charge on any atom is 0.218 e. The fraction of sp³-hybridized carbons (Fsp3) is 0.600. The highest BCUT2D eigenvalue weighted by Crippen LogP contribution is 1.98. The van der Waals surface area contributed by atoms with Crippen LogP contribution < -0.4 is 0 Å². The minimum absolute atomic E-state index is 0.0238. The molecule has 5 heteroatoms. The number of hydrogen-bond acceptors (Lipinski definition) is 3. The maximum atomic E-state index is 11.0. The molecule has 0 heterocycles. The molecule has 0 rings (SSSR count). The van der Waals surface area contributed by atoms with Crippen LogP contribution in [0, 0.1) is 0 Å². The highest BCUT2D eigenvalue weighted by molar-refractivity contribution is 7.90. The zero-order valence-electron chi connectivity index (χ0n) is 5.82. The summed E-state index contributed by atoms with van der Waals surface area (Å²) in [6.07, 6.45) is 1.36. The molecule has 0 radical (unpaired) electrons. The second kappa shape index (κ2) is 4.00. The van der Waals surface area contributed by atoms with Gasteiger partial charge >= 0.3 is 0 Å². The predicted molar refractivity (Wildman–Crippen MR) is 45.6 cm³/mol. The molecule has 0 aliphatic rings. The van der Waals surface area contributed by atoms with Crippen molar-refractivity contribution in [3.63, 3.8) is 0 Å². The SMILES string of the molecule is C=CCS(=O)(=O)N(C)CS. The summed E-state index contributed by atoms with van der Waals surface area (Å²) in [5.41, 5.74) is 0. The van der Waals surface area contributed by atoms with Gasteiger partial charge in [0.15, 0.2) is 0 Å². The summed E-state index contributed by atoms with van der Waals surface area (Å²) in [5, 5.41) is 0. The molecule has 0 aromatic rings. The van der Waals surface area contributed by atoms with Crippen LogP contribution in [0.15, 0.2) is 12.7 Å². The number of rotatable bonds is 4. The van der Waals surface area contributed by atoms with Gasteiger partial charge in [0.05, 0.1) is 11.6 Å². The highest BCUT2D eigenvalue weighted by atomic mass is 32.2. The predicted octanol–water partition coefficient (Wildman–Crippen LogP) is 0.321. The van der Waals surface area contributed by atoms with E-state index in [4.69, 9.17) is 0 Å². The van der Waals surface area contributed by atoms with Crippen molar-refractivity contribution in [2.75, 3.05) is 18.7 Å². The Morgan fingerprint density at radius 1 is 1.70 bits per heavy atom. The summed E-state index contributed by atoms with van der Waals surface area (Å²) in [6.45, 7) is 3.33. The minimum atomic E-state index is -3.12. The zero-order chi connectivity index (χ0) is 8.20. The molecule has 0 N–H and O–H groups in total. The maximum absolute atomic E-state index is 11.0. The molecule has 0 fully saturated rings. The quantitative estimate of drug-likeness (QED) is 0.385. The van der Waals surface area contributed by atoms with E-state index in [-0.39, 0.29) is 11.6 Å². The van der Waals surface area contributed by atoms with Gasteiger partial charge in [-0.2, -0.15) is 16.9 Å². The Bertz CT molecular complexity index is 198. The average molecular weight is 181 g/mol. The van der Waals surface area contributed by atoms with Gasteiger partial charge in [-0.1, -0.05) is 6.08 Å². The molecule has 60 valence electrons. The van der Waals surface area contributed by atoms with Crippen molar-refractivity contribution in [1.29, 1.82) is 0 Å². The molecule has 0 saturated heterocycles. The first-order chi connectivity index (χ1) is 4.54. The lowest BCUT2D eigenvalue weighted by Crippen LogP contribution is -2.27. The third-order valence-electron chi connectivity index (χ3n) is 1.00. The van der Waals surface area contributed by atoms with E-state index >= 15 is 0 Å². The van der Waals surface area contributed by atoms with Crippen LogP contribution in [0.1, 0.15) is 0 Å². The van der Waals surface area contributed by atoms with Gasteiger partial charge in [0, 0.05) is 7.05 Å². The molecule has 0 aromatic carbocycles. The molecule has 0 bridgehead atoms. The summed E-state index contributed by atoms with van der Waals surface area (Å²) in [5.74, 6) is 0.181. The zero-order valence-corrected chi connectivity index (χ0v) is 7.53. The Balaban J connectivity index is 4.25. The molecule has 0 unspecified atom stereocenters. The van der Waals surface area contributed by atoms with Gasteiger partial charge in [0.1, 0.15) is 0 Å². The Kier molecular flexibility index (Phi) is 4.00. The van der Waals surface area contributed by atoms with Crippen molar-refractivity contribution in [2.24, 2.45) is 0 Å². The van der Waals surface area contributed by atoms with E-state index in [0.29, 0.717) is 0 Å². The fourth-order valence-electron chi connectivity index (χ4n) is 0.364. The van der Waals surface area contributed by atoms with Crippen LogP contribution in [0.25, 0.3) is 0 Å². The lowest BCUT2D eigenvalue weighted by Gasteiger charge is -2.11. The van der Waals surface area contributed by atoms with Crippen LogP contribution in [-0.4, -0.2) is 31.4 Å². The normalized spacial score (nSPS) is 11.9. The molecule has 10 heavy (non-hydrogen) atoms. The summed E-state index contributed by atoms with van der Waals surface area (Å²) in [4.78, 5) is 0. The fourth-order valence-corrected chi connectivity index (χ4v) is 1.62. The standard InChI is InChI=1S/C5H11NO2S2/c1-3-4-10(7,8)6(2)5-9/h3,9H,1,4-5H2,2H3. The van der Waals surface area contributed by atoms with Gasteiger partial charge < -0.3 is 0 Å². The van der Waals surface area contributed by atoms with Crippen LogP contribution in [0.4, 0.5) is 0 Å². The monoisotopic (exact) mass is 181 g/mol. The molecule has 3 nitrogen and oxygen atoms in total. The first kappa shape index (κ1) is 10.0. The van der Waals surface area contributed by atoms with Crippen molar-refractivity contribution in [1.82, 2.24) is 4.31 Å². The Morgan fingerprint density at radius 2 is 2.20 bits per heavy atom. The van der Waals surface area contributed by atoms with E-state index < -0.39 is 10.0 Å². The van der Waals surface area contributed by atoms with Gasteiger partial charge in [-0.3, -0.25) is 0 Å². The van der Waals surface area contributed by atoms with Crippen LogP contribution in [0.2, 0.25) is 0 Å². The largest absolute Gasteiger partial charge is 0.218 e. The van der Waals surface area contributed by atoms with E-state index in [2.05, 4.69) is 19.2 Å². The Morgan fingerprint density at radius 3 is 2.50 bits per heavy atom. The second-order valence-electron chi connectivity index (χ2n) is 1.81. The number of nitrogens with zero attached hydrogens (tertiary/aromatic N) is 1. The first-order valence-electron chi connectivity index (χ1n) is 2.70. The van der Waals surface area contributed by atoms with Gasteiger partial charge in [0.2, 0.25) is 10.0 Å². The van der Waals surface area contributed by atoms with E-state index in [9.17, 15) is 8.42 Å². The van der Waals surface area contributed by atoms with Gasteiger partial charge in [0.25, 0.3) is 0 Å². The van der Waals surface area contributed by atoms with Crippen LogP contribution in [0.3, 0.4) is 0 Å². The molecule has 0 aliphatic heterocycles. The summed E-state index contributed by atoms with van der Waals surface area (Å²) in [7, 11) is -1.64. The van der Waals surface area contributed by atoms with E-state index in [0.717, 1.165) is 4.31 Å². The average Bonchev–Trinajstić information content (AvgIpc) is 1.86. The highest BCUT2D eigenvalue weighted by Gasteiger charge is 2.12. The van der Waals surface area contributed by atoms with Crippen molar-refractivity contribution in [3.8, 4) is 0 Å². The van der Waals surface area contributed by atoms with E-state index in [1.165, 1.54) is 13.1 Å². The molecule has 0 spiro atoms. The van der Waals surface area contributed by atoms with Gasteiger partial charge in [-0.15, -0.1) is 6.58 Å². The van der Waals surface area contributed by atoms with E-state index in [1.54, 1.807) is 0 Å². The number of sulfonamides is 1. The molecule has 0 saturated carbocycles. The number of thiol groups is 1. The summed E-state index contributed by atoms with van der Waals surface area (Å²) in [6, 6.07) is 0. The lowest BCUT2D eigenvalue weighted by atomic mass is 10.8. The van der Waals surface area contributed by atoms with Crippen LogP contribution >= 0.6 is 12.6 Å². The summed E-state index contributed by atoms with van der Waals surface area (Å²) >= 11 is 3.81. The molecule has 0 aliphatic carbocycles. The molecular weight excluding hydrogens is 170 g/mol. The van der Waals surface area contributed by atoms with Crippen LogP contribution in [-0.2, 0) is 10.0 Å². The van der Waals surface area contributed by atoms with Crippen molar-refractivity contribution >= 4 is 22.7 Å². The summed E-state index contributed by atoms with van der Waals surface area (Å²) < 4.78 is 23.1. The second-order valence-corrected chi connectivity index (χ2v) is 4.21. The number of hydrogen-bond donors (Lipinski definition) is 1. The first-order valence-corrected chi connectivity index (χ1v) is 4.94. The molecule has 0 aromatic heterocycles. The topological polar surface area (TPSA) is 37.4 Å². The third kappa shape index (κ3) is 2.72. The van der Waals surface area contributed by atoms with Crippen molar-refractivity contribution in [2.45, 2.75) is 0 Å². The third-order valence-corrected chi connectivity index (χ3v) is 3.35. The smallest absolute Gasteiger partial charge is 0.212 e. The van der Waals surface area contributed by atoms with Crippen LogP contribution in [0.5, 0.6) is 0 Å². The lowest BCUT2D eigenvalue weighted by molar-refractivity contribution is 0.517. The Labute approximate surface area is 67.2 Å². The molecular formula is C5H11NO2S2. The molecule has 0 atom stereocenters. The minimum Gasteiger partial charge on any atom is -0.212 e. The molecule has 0 amide bonds. The van der Waals surface area contributed by atoms with Gasteiger partial charge in [-0.05, 0) is 0 Å². The van der Waals surface area contributed by atoms with Crippen molar-refractivity contribution in [3.05, 3.63) is 12.7 Å². The Hall–Kier alpha value is -0.0000000000000000555.